The minimum atomic E-state index is -0.157. The van der Waals surface area contributed by atoms with E-state index >= 15 is 0 Å². The number of aromatic nitrogens is 2. The van der Waals surface area contributed by atoms with E-state index in [2.05, 4.69) is 32.7 Å². The minimum Gasteiger partial charge on any atom is -0.335 e. The summed E-state index contributed by atoms with van der Waals surface area (Å²) in [6, 6.07) is 8.16. The molecule has 0 radical (unpaired) electrons. The van der Waals surface area contributed by atoms with Gasteiger partial charge < -0.3 is 20.1 Å². The Bertz CT molecular complexity index is 592. The summed E-state index contributed by atoms with van der Waals surface area (Å²) in [7, 11) is 4.09. The van der Waals surface area contributed by atoms with E-state index in [1.807, 2.05) is 43.9 Å². The number of nitrogens with one attached hydrogen (secondary N) is 2. The quantitative estimate of drug-likeness (QED) is 0.819. The van der Waals surface area contributed by atoms with E-state index in [-0.39, 0.29) is 12.1 Å². The maximum absolute atomic E-state index is 11.9. The van der Waals surface area contributed by atoms with Crippen LogP contribution in [0.25, 0.3) is 0 Å². The van der Waals surface area contributed by atoms with Crippen molar-refractivity contribution in [2.24, 2.45) is 0 Å². The summed E-state index contributed by atoms with van der Waals surface area (Å²) in [5.41, 5.74) is 2.35. The molecular formula is C17H25N5O. The first-order valence-electron chi connectivity index (χ1n) is 7.75. The Hall–Kier alpha value is -2.34. The van der Waals surface area contributed by atoms with Gasteiger partial charge in [-0.2, -0.15) is 0 Å². The number of carbonyl (C=O) groups excluding carboxylic acids is 1. The van der Waals surface area contributed by atoms with Gasteiger partial charge in [0.15, 0.2) is 0 Å². The van der Waals surface area contributed by atoms with Crippen molar-refractivity contribution in [1.29, 1.82) is 0 Å². The highest BCUT2D eigenvalue weighted by molar-refractivity contribution is 5.74. The lowest BCUT2D eigenvalue weighted by Gasteiger charge is -2.15. The molecule has 6 heteroatoms. The molecule has 1 heterocycles. The molecule has 2 amide bonds. The van der Waals surface area contributed by atoms with Crippen LogP contribution in [0.1, 0.15) is 18.1 Å². The SMILES string of the molecule is C[C@H](Cn1ccnc1)NC(=O)NCc1ccc(CN(C)C)cc1. The fourth-order valence-corrected chi connectivity index (χ4v) is 2.34. The molecule has 0 unspecified atom stereocenters. The van der Waals surface area contributed by atoms with E-state index < -0.39 is 0 Å². The van der Waals surface area contributed by atoms with Gasteiger partial charge in [0.1, 0.15) is 0 Å². The molecule has 0 bridgehead atoms. The molecule has 2 rings (SSSR count). The van der Waals surface area contributed by atoms with Gasteiger partial charge in [0.25, 0.3) is 0 Å². The highest BCUT2D eigenvalue weighted by Crippen LogP contribution is 2.06. The number of amides is 2. The third-order valence-corrected chi connectivity index (χ3v) is 3.40. The molecule has 1 aromatic carbocycles. The smallest absolute Gasteiger partial charge is 0.315 e. The molecule has 2 aromatic rings. The molecule has 0 aliphatic rings. The number of hydrogen-bond acceptors (Lipinski definition) is 3. The summed E-state index contributed by atoms with van der Waals surface area (Å²) in [5.74, 6) is 0. The second-order valence-corrected chi connectivity index (χ2v) is 6.04. The molecular weight excluding hydrogens is 290 g/mol. The first-order valence-corrected chi connectivity index (χ1v) is 7.75. The fraction of sp³-hybridized carbons (Fsp3) is 0.412. The summed E-state index contributed by atoms with van der Waals surface area (Å²) in [4.78, 5) is 18.0. The maximum Gasteiger partial charge on any atom is 0.315 e. The summed E-state index contributed by atoms with van der Waals surface area (Å²) in [6.07, 6.45) is 5.35. The predicted molar refractivity (Wildman–Crippen MR) is 90.9 cm³/mol. The topological polar surface area (TPSA) is 62.2 Å². The number of hydrogen-bond donors (Lipinski definition) is 2. The van der Waals surface area contributed by atoms with Crippen LogP contribution in [0.5, 0.6) is 0 Å². The molecule has 6 nitrogen and oxygen atoms in total. The predicted octanol–water partition coefficient (Wildman–Crippen LogP) is 1.83. The van der Waals surface area contributed by atoms with Crippen LogP contribution in [0.2, 0.25) is 0 Å². The Kier molecular flexibility index (Phi) is 6.17. The fourth-order valence-electron chi connectivity index (χ4n) is 2.34. The van der Waals surface area contributed by atoms with Crippen LogP contribution >= 0.6 is 0 Å². The lowest BCUT2D eigenvalue weighted by atomic mass is 10.1. The molecule has 0 saturated carbocycles. The first-order chi connectivity index (χ1) is 11.0. The van der Waals surface area contributed by atoms with Gasteiger partial charge >= 0.3 is 6.03 Å². The zero-order valence-corrected chi connectivity index (χ0v) is 14.0. The summed E-state index contributed by atoms with van der Waals surface area (Å²) in [6.45, 7) is 4.11. The van der Waals surface area contributed by atoms with E-state index in [1.165, 1.54) is 5.56 Å². The average molecular weight is 315 g/mol. The third kappa shape index (κ3) is 6.12. The number of benzene rings is 1. The van der Waals surface area contributed by atoms with E-state index in [9.17, 15) is 4.79 Å². The minimum absolute atomic E-state index is 0.0340. The molecule has 2 N–H and O–H groups in total. The van der Waals surface area contributed by atoms with Crippen LogP contribution < -0.4 is 10.6 Å². The average Bonchev–Trinajstić information content (AvgIpc) is 2.98. The lowest BCUT2D eigenvalue weighted by molar-refractivity contribution is 0.236. The zero-order valence-electron chi connectivity index (χ0n) is 14.0. The van der Waals surface area contributed by atoms with Gasteiger partial charge in [-0.15, -0.1) is 0 Å². The van der Waals surface area contributed by atoms with Gasteiger partial charge in [0.05, 0.1) is 6.33 Å². The van der Waals surface area contributed by atoms with Crippen LogP contribution in [0.4, 0.5) is 4.79 Å². The van der Waals surface area contributed by atoms with Crippen LogP contribution in [0.15, 0.2) is 43.0 Å². The van der Waals surface area contributed by atoms with E-state index in [1.54, 1.807) is 12.5 Å². The number of imidazole rings is 1. The van der Waals surface area contributed by atoms with E-state index in [4.69, 9.17) is 0 Å². The maximum atomic E-state index is 11.9. The number of rotatable bonds is 7. The van der Waals surface area contributed by atoms with Gasteiger partial charge in [-0.1, -0.05) is 24.3 Å². The summed E-state index contributed by atoms with van der Waals surface area (Å²) < 4.78 is 1.94. The zero-order chi connectivity index (χ0) is 16.7. The highest BCUT2D eigenvalue weighted by atomic mass is 16.2. The van der Waals surface area contributed by atoms with Crippen LogP contribution in [0.3, 0.4) is 0 Å². The molecule has 0 aliphatic carbocycles. The molecule has 0 saturated heterocycles. The van der Waals surface area contributed by atoms with Crippen molar-refractivity contribution in [2.75, 3.05) is 14.1 Å². The van der Waals surface area contributed by atoms with Gasteiger partial charge in [0.2, 0.25) is 0 Å². The van der Waals surface area contributed by atoms with Gasteiger partial charge in [0, 0.05) is 38.1 Å². The molecule has 1 atom stereocenters. The van der Waals surface area contributed by atoms with Crippen LogP contribution in [0, 0.1) is 0 Å². The van der Waals surface area contributed by atoms with Gasteiger partial charge in [-0.25, -0.2) is 9.78 Å². The molecule has 1 aromatic heterocycles. The number of nitrogens with zero attached hydrogens (tertiary/aromatic N) is 3. The van der Waals surface area contributed by atoms with Crippen molar-refractivity contribution in [3.05, 3.63) is 54.1 Å². The van der Waals surface area contributed by atoms with Crippen LogP contribution in [-0.4, -0.2) is 40.6 Å². The largest absolute Gasteiger partial charge is 0.335 e. The Labute approximate surface area is 137 Å². The van der Waals surface area contributed by atoms with E-state index in [0.717, 1.165) is 12.1 Å². The Morgan fingerprint density at radius 1 is 1.26 bits per heavy atom. The van der Waals surface area contributed by atoms with Crippen molar-refractivity contribution >= 4 is 6.03 Å². The van der Waals surface area contributed by atoms with Crippen molar-refractivity contribution < 1.29 is 4.79 Å². The van der Waals surface area contributed by atoms with Gasteiger partial charge in [-0.3, -0.25) is 0 Å². The molecule has 23 heavy (non-hydrogen) atoms. The van der Waals surface area contributed by atoms with Crippen molar-refractivity contribution in [3.8, 4) is 0 Å². The third-order valence-electron chi connectivity index (χ3n) is 3.40. The molecule has 0 aliphatic heterocycles. The Morgan fingerprint density at radius 2 is 1.96 bits per heavy atom. The normalized spacial score (nSPS) is 12.2. The molecule has 0 spiro atoms. The lowest BCUT2D eigenvalue weighted by Crippen LogP contribution is -2.42. The first kappa shape index (κ1) is 17.0. The second-order valence-electron chi connectivity index (χ2n) is 6.04. The number of urea groups is 1. The van der Waals surface area contributed by atoms with Crippen molar-refractivity contribution in [2.45, 2.75) is 32.6 Å². The number of carbonyl (C=O) groups is 1. The monoisotopic (exact) mass is 315 g/mol. The Morgan fingerprint density at radius 3 is 2.57 bits per heavy atom. The summed E-state index contributed by atoms with van der Waals surface area (Å²) >= 11 is 0. The summed E-state index contributed by atoms with van der Waals surface area (Å²) in [5, 5.41) is 5.80. The molecule has 0 fully saturated rings. The van der Waals surface area contributed by atoms with Crippen LogP contribution in [-0.2, 0) is 19.6 Å². The molecule has 124 valence electrons. The highest BCUT2D eigenvalue weighted by Gasteiger charge is 2.07. The van der Waals surface area contributed by atoms with Crippen molar-refractivity contribution in [3.63, 3.8) is 0 Å². The second kappa shape index (κ2) is 8.33. The van der Waals surface area contributed by atoms with E-state index in [0.29, 0.717) is 13.1 Å². The van der Waals surface area contributed by atoms with Crippen molar-refractivity contribution in [1.82, 2.24) is 25.1 Å². The standard InChI is InChI=1S/C17H25N5O/c1-14(11-22-9-8-18-13-22)20-17(23)19-10-15-4-6-16(7-5-15)12-21(2)3/h4-9,13-14H,10-12H2,1-3H3,(H2,19,20,23)/t14-/m1/s1. The Balaban J connectivity index is 1.73. The van der Waals surface area contributed by atoms with Gasteiger partial charge in [-0.05, 0) is 32.1 Å².